The molecule has 5 aliphatic rings. The molecule has 2 aliphatic heterocycles. The molecular formula is C21H26BrNO4. The number of alkyl halides is 1. The lowest BCUT2D eigenvalue weighted by Gasteiger charge is -2.58. The van der Waals surface area contributed by atoms with Crippen LogP contribution in [0.3, 0.4) is 0 Å². The largest absolute Gasteiger partial charge is 0.386 e. The number of carbonyl (C=O) groups excluding carboxylic acids is 1. The highest BCUT2D eigenvalue weighted by atomic mass is 79.9. The zero-order valence-corrected chi connectivity index (χ0v) is 17.1. The van der Waals surface area contributed by atoms with Gasteiger partial charge in [-0.1, -0.05) is 28.1 Å². The van der Waals surface area contributed by atoms with Gasteiger partial charge in [-0.3, -0.25) is 4.79 Å². The highest BCUT2D eigenvalue weighted by Gasteiger charge is 2.72. The number of likely N-dealkylation sites (tertiary alicyclic amines) is 1. The van der Waals surface area contributed by atoms with E-state index in [4.69, 9.17) is 4.74 Å². The van der Waals surface area contributed by atoms with E-state index in [1.165, 1.54) is 5.57 Å². The first-order chi connectivity index (χ1) is 13.0. The first kappa shape index (κ1) is 18.3. The summed E-state index contributed by atoms with van der Waals surface area (Å²) in [6.07, 6.45) is 7.92. The fourth-order valence-electron chi connectivity index (χ4n) is 6.51. The second-order valence-corrected chi connectivity index (χ2v) is 9.47. The molecule has 2 bridgehead atoms. The molecule has 27 heavy (non-hydrogen) atoms. The van der Waals surface area contributed by atoms with Crippen molar-refractivity contribution in [3.8, 4) is 0 Å². The Morgan fingerprint density at radius 3 is 2.96 bits per heavy atom. The minimum absolute atomic E-state index is 0.202. The van der Waals surface area contributed by atoms with E-state index in [2.05, 4.69) is 34.0 Å². The third kappa shape index (κ3) is 2.11. The third-order valence-electron chi connectivity index (χ3n) is 7.62. The lowest BCUT2D eigenvalue weighted by atomic mass is 9.49. The summed E-state index contributed by atoms with van der Waals surface area (Å²) in [5, 5.41) is 22.7. The van der Waals surface area contributed by atoms with Gasteiger partial charge in [-0.05, 0) is 62.1 Å². The molecule has 5 rings (SSSR count). The van der Waals surface area contributed by atoms with Crippen LogP contribution in [0.1, 0.15) is 25.7 Å². The van der Waals surface area contributed by atoms with Crippen LogP contribution in [0.5, 0.6) is 0 Å². The number of aliphatic hydroxyl groups is 2. The van der Waals surface area contributed by atoms with Gasteiger partial charge < -0.3 is 19.8 Å². The molecule has 3 aliphatic carbocycles. The summed E-state index contributed by atoms with van der Waals surface area (Å²) >= 11 is 3.51. The number of aldehydes is 1. The van der Waals surface area contributed by atoms with Crippen LogP contribution in [0, 0.1) is 11.3 Å². The number of ether oxygens (including phenoxy) is 1. The molecule has 2 fully saturated rings. The molecule has 146 valence electrons. The summed E-state index contributed by atoms with van der Waals surface area (Å²) in [5.41, 5.74) is 1.60. The van der Waals surface area contributed by atoms with Crippen molar-refractivity contribution >= 4 is 22.2 Å². The van der Waals surface area contributed by atoms with Gasteiger partial charge in [0.25, 0.3) is 0 Å². The van der Waals surface area contributed by atoms with Crippen LogP contribution in [0.15, 0.2) is 34.9 Å². The SMILES string of the molecule is CN1CC[C@@]23C4=C5C[C@@H]1[C@@H]2C=C[C@H](O)[C@@H]3OC4(C=O)C(O)C=C5CCCBr. The van der Waals surface area contributed by atoms with Crippen LogP contribution in [0.4, 0.5) is 0 Å². The van der Waals surface area contributed by atoms with Crippen LogP contribution in [-0.4, -0.2) is 70.3 Å². The average Bonchev–Trinajstić information content (AvgIpc) is 2.98. The topological polar surface area (TPSA) is 70.0 Å². The van der Waals surface area contributed by atoms with Crippen molar-refractivity contribution in [1.29, 1.82) is 0 Å². The Morgan fingerprint density at radius 1 is 1.41 bits per heavy atom. The van der Waals surface area contributed by atoms with E-state index in [9.17, 15) is 15.0 Å². The molecule has 2 unspecified atom stereocenters. The van der Waals surface area contributed by atoms with E-state index in [0.717, 1.165) is 55.0 Å². The van der Waals surface area contributed by atoms with Crippen LogP contribution < -0.4 is 0 Å². The summed E-state index contributed by atoms with van der Waals surface area (Å²) in [6, 6.07) is 0.331. The van der Waals surface area contributed by atoms with Crippen LogP contribution in [-0.2, 0) is 9.53 Å². The highest BCUT2D eigenvalue weighted by Crippen LogP contribution is 2.67. The molecule has 2 saturated heterocycles. The molecule has 0 aromatic carbocycles. The molecule has 0 aromatic rings. The van der Waals surface area contributed by atoms with Gasteiger partial charge in [-0.25, -0.2) is 0 Å². The van der Waals surface area contributed by atoms with E-state index in [1.54, 1.807) is 0 Å². The maximum Gasteiger partial charge on any atom is 0.175 e. The molecule has 0 amide bonds. The minimum atomic E-state index is -1.34. The van der Waals surface area contributed by atoms with Crippen molar-refractivity contribution in [2.24, 2.45) is 11.3 Å². The number of nitrogens with zero attached hydrogens (tertiary/aromatic N) is 1. The van der Waals surface area contributed by atoms with Crippen molar-refractivity contribution in [3.63, 3.8) is 0 Å². The summed E-state index contributed by atoms with van der Waals surface area (Å²) < 4.78 is 6.33. The number of piperidine rings is 1. The zero-order valence-electron chi connectivity index (χ0n) is 15.5. The Morgan fingerprint density at radius 2 is 2.22 bits per heavy atom. The van der Waals surface area contributed by atoms with Gasteiger partial charge in [-0.2, -0.15) is 0 Å². The molecule has 2 N–H and O–H groups in total. The van der Waals surface area contributed by atoms with E-state index in [-0.39, 0.29) is 5.92 Å². The number of hydrogen-bond acceptors (Lipinski definition) is 5. The second kappa shape index (κ2) is 6.10. The molecule has 0 saturated carbocycles. The Labute approximate surface area is 167 Å². The number of halogens is 1. The quantitative estimate of drug-likeness (QED) is 0.399. The van der Waals surface area contributed by atoms with E-state index in [0.29, 0.717) is 6.04 Å². The first-order valence-corrected chi connectivity index (χ1v) is 11.0. The van der Waals surface area contributed by atoms with Crippen molar-refractivity contribution in [3.05, 3.63) is 34.9 Å². The Bertz CT molecular complexity index is 776. The number of rotatable bonds is 4. The molecular weight excluding hydrogens is 410 g/mol. The summed E-state index contributed by atoms with van der Waals surface area (Å²) in [7, 11) is 2.17. The van der Waals surface area contributed by atoms with E-state index < -0.39 is 29.3 Å². The smallest absolute Gasteiger partial charge is 0.175 e. The molecule has 6 heteroatoms. The molecule has 0 aromatic heterocycles. The maximum atomic E-state index is 12.4. The van der Waals surface area contributed by atoms with E-state index in [1.807, 2.05) is 12.2 Å². The third-order valence-corrected chi connectivity index (χ3v) is 8.18. The second-order valence-electron chi connectivity index (χ2n) is 8.68. The normalized spacial score (nSPS) is 47.7. The summed E-state index contributed by atoms with van der Waals surface area (Å²) in [6.45, 7) is 0.907. The molecule has 2 heterocycles. The van der Waals surface area contributed by atoms with Gasteiger partial charge in [0, 0.05) is 22.7 Å². The standard InChI is InChI=1S/C21H26BrNO4/c1-23-8-6-20-14-4-5-16(25)19(20)27-21(11-24)17(26)9-12(3-2-7-22)13(18(20)21)10-15(14)23/h4-5,9,11,14-17,19,25-26H,2-3,6-8,10H2,1H3/t14-,15+,16-,17?,19-,20-,21?/m0/s1. The fourth-order valence-corrected chi connectivity index (χ4v) is 6.79. The molecule has 5 nitrogen and oxygen atoms in total. The van der Waals surface area contributed by atoms with Gasteiger partial charge in [-0.15, -0.1) is 0 Å². The van der Waals surface area contributed by atoms with Crippen molar-refractivity contribution in [2.75, 3.05) is 18.9 Å². The summed E-state index contributed by atoms with van der Waals surface area (Å²) in [4.78, 5) is 14.8. The first-order valence-electron chi connectivity index (χ1n) is 9.89. The summed E-state index contributed by atoms with van der Waals surface area (Å²) in [5.74, 6) is 0.202. The van der Waals surface area contributed by atoms with Crippen LogP contribution >= 0.6 is 15.9 Å². The predicted molar refractivity (Wildman–Crippen MR) is 105 cm³/mol. The van der Waals surface area contributed by atoms with Gasteiger partial charge in [0.15, 0.2) is 11.9 Å². The Kier molecular flexibility index (Phi) is 4.12. The predicted octanol–water partition coefficient (Wildman–Crippen LogP) is 1.74. The lowest BCUT2D eigenvalue weighted by Crippen LogP contribution is -2.62. The maximum absolute atomic E-state index is 12.4. The van der Waals surface area contributed by atoms with Gasteiger partial charge >= 0.3 is 0 Å². The highest BCUT2D eigenvalue weighted by molar-refractivity contribution is 9.09. The number of allylic oxidation sites excluding steroid dienone is 1. The lowest BCUT2D eigenvalue weighted by molar-refractivity contribution is -0.153. The van der Waals surface area contributed by atoms with Gasteiger partial charge in [0.05, 0.1) is 12.2 Å². The number of carbonyl (C=O) groups is 1. The Balaban J connectivity index is 1.76. The number of hydrogen-bond donors (Lipinski definition) is 2. The fraction of sp³-hybridized carbons (Fsp3) is 0.667. The average molecular weight is 436 g/mol. The van der Waals surface area contributed by atoms with Gasteiger partial charge in [0.2, 0.25) is 0 Å². The van der Waals surface area contributed by atoms with E-state index >= 15 is 0 Å². The van der Waals surface area contributed by atoms with Crippen molar-refractivity contribution in [2.45, 2.75) is 55.6 Å². The zero-order chi connectivity index (χ0) is 19.0. The Hall–Kier alpha value is -0.790. The molecule has 0 radical (unpaired) electrons. The van der Waals surface area contributed by atoms with Crippen molar-refractivity contribution < 1.29 is 19.7 Å². The van der Waals surface area contributed by atoms with Gasteiger partial charge in [0.1, 0.15) is 6.10 Å². The molecule has 1 spiro atoms. The monoisotopic (exact) mass is 435 g/mol. The van der Waals surface area contributed by atoms with Crippen molar-refractivity contribution in [1.82, 2.24) is 4.90 Å². The molecule has 7 atom stereocenters. The van der Waals surface area contributed by atoms with Crippen LogP contribution in [0.2, 0.25) is 0 Å². The van der Waals surface area contributed by atoms with Crippen LogP contribution in [0.25, 0.3) is 0 Å². The number of aliphatic hydroxyl groups excluding tert-OH is 2. The minimum Gasteiger partial charge on any atom is -0.386 e.